The molecular formula is C7H9NO3Si. The average molecular weight is 183 g/mol. The van der Waals surface area contributed by atoms with Crippen LogP contribution < -0.4 is 0 Å². The first-order valence-electron chi connectivity index (χ1n) is 3.52. The van der Waals surface area contributed by atoms with Gasteiger partial charge in [-0.25, -0.2) is 0 Å². The molecule has 12 heavy (non-hydrogen) atoms. The molecule has 0 aliphatic carbocycles. The van der Waals surface area contributed by atoms with Crippen LogP contribution in [0.4, 0.5) is 0 Å². The zero-order valence-electron chi connectivity index (χ0n) is 6.47. The lowest BCUT2D eigenvalue weighted by Crippen LogP contribution is -2.10. The highest BCUT2D eigenvalue weighted by molar-refractivity contribution is 6.15. The molecule has 0 bridgehead atoms. The van der Waals surface area contributed by atoms with Crippen LogP contribution in [0.15, 0.2) is 30.3 Å². The summed E-state index contributed by atoms with van der Waals surface area (Å²) in [6.07, 6.45) is 0. The van der Waals surface area contributed by atoms with E-state index in [1.807, 2.05) is 30.3 Å². The fourth-order valence-corrected chi connectivity index (χ4v) is 1.29. The predicted octanol–water partition coefficient (Wildman–Crippen LogP) is 0.479. The molecule has 0 saturated heterocycles. The van der Waals surface area contributed by atoms with Gasteiger partial charge in [0.1, 0.15) is 0 Å². The average Bonchev–Trinajstić information content (AvgIpc) is 2.05. The maximum Gasteiger partial charge on any atom is 0.545 e. The molecule has 0 unspecified atom stereocenters. The summed E-state index contributed by atoms with van der Waals surface area (Å²) in [5.41, 5.74) is 0.979. The molecule has 1 aromatic carbocycles. The molecule has 0 heterocycles. The minimum atomic E-state index is -1.58. The number of nitrogens with zero attached hydrogens (tertiary/aromatic N) is 1. The van der Waals surface area contributed by atoms with Crippen molar-refractivity contribution in [1.82, 2.24) is 0 Å². The summed E-state index contributed by atoms with van der Waals surface area (Å²) >= 11 is 0. The summed E-state index contributed by atoms with van der Waals surface area (Å²) in [7, 11) is -1.58. The molecule has 0 atom stereocenters. The molecule has 0 fully saturated rings. The molecule has 0 aromatic heterocycles. The second-order valence-corrected chi connectivity index (χ2v) is 3.48. The molecule has 0 saturated carbocycles. The van der Waals surface area contributed by atoms with E-state index in [0.717, 1.165) is 5.56 Å². The fraction of sp³-hybridized carbons (Fsp3) is 0.143. The lowest BCUT2D eigenvalue weighted by Gasteiger charge is -1.98. The predicted molar refractivity (Wildman–Crippen MR) is 46.8 cm³/mol. The first-order chi connectivity index (χ1) is 5.79. The summed E-state index contributed by atoms with van der Waals surface area (Å²) < 4.78 is 4.56. The van der Waals surface area contributed by atoms with Gasteiger partial charge in [0.25, 0.3) is 0 Å². The fourth-order valence-electron chi connectivity index (χ4n) is 0.812. The quantitative estimate of drug-likeness (QED) is 0.387. The van der Waals surface area contributed by atoms with Gasteiger partial charge in [0.2, 0.25) is 0 Å². The Labute approximate surface area is 72.3 Å². The van der Waals surface area contributed by atoms with Crippen LogP contribution in [0.5, 0.6) is 0 Å². The Morgan fingerprint density at radius 3 is 2.67 bits per heavy atom. The van der Waals surface area contributed by atoms with Crippen molar-refractivity contribution in [3.63, 3.8) is 0 Å². The van der Waals surface area contributed by atoms with E-state index in [1.54, 1.807) is 0 Å². The third-order valence-electron chi connectivity index (χ3n) is 1.31. The van der Waals surface area contributed by atoms with E-state index >= 15 is 0 Å². The highest BCUT2D eigenvalue weighted by Crippen LogP contribution is 1.99. The van der Waals surface area contributed by atoms with Crippen molar-refractivity contribution in [3.05, 3.63) is 46.0 Å². The SMILES string of the molecule is O=[N+]([O-])[SiH2]OCc1ccccc1. The molecular weight excluding hydrogens is 174 g/mol. The van der Waals surface area contributed by atoms with E-state index in [4.69, 9.17) is 4.43 Å². The van der Waals surface area contributed by atoms with Crippen molar-refractivity contribution >= 4 is 9.92 Å². The number of hydrogen-bond donors (Lipinski definition) is 0. The molecule has 0 amide bonds. The van der Waals surface area contributed by atoms with Gasteiger partial charge in [0.15, 0.2) is 0 Å². The highest BCUT2D eigenvalue weighted by atomic mass is 28.2. The van der Waals surface area contributed by atoms with Gasteiger partial charge in [-0.1, -0.05) is 30.3 Å². The van der Waals surface area contributed by atoms with Gasteiger partial charge in [-0.05, 0) is 10.2 Å². The molecule has 0 aliphatic heterocycles. The van der Waals surface area contributed by atoms with Gasteiger partial charge in [0, 0.05) is 0 Å². The minimum absolute atomic E-state index is 0.355. The maximum atomic E-state index is 9.93. The molecule has 0 spiro atoms. The monoisotopic (exact) mass is 183 g/mol. The zero-order valence-corrected chi connectivity index (χ0v) is 7.89. The molecule has 1 rings (SSSR count). The molecule has 0 aliphatic rings. The van der Waals surface area contributed by atoms with Crippen molar-refractivity contribution in [1.29, 1.82) is 0 Å². The Kier molecular flexibility index (Phi) is 3.43. The van der Waals surface area contributed by atoms with Crippen LogP contribution >= 0.6 is 0 Å². The zero-order chi connectivity index (χ0) is 8.81. The topological polar surface area (TPSA) is 52.4 Å². The van der Waals surface area contributed by atoms with Gasteiger partial charge in [-0.3, -0.25) is 10.1 Å². The van der Waals surface area contributed by atoms with Crippen LogP contribution in [-0.4, -0.2) is 14.5 Å². The Hall–Kier alpha value is -1.20. The van der Waals surface area contributed by atoms with Crippen molar-refractivity contribution < 1.29 is 9.01 Å². The summed E-state index contributed by atoms with van der Waals surface area (Å²) in [5.74, 6) is 0. The maximum absolute atomic E-state index is 9.93. The lowest BCUT2D eigenvalue weighted by atomic mass is 10.2. The van der Waals surface area contributed by atoms with Gasteiger partial charge in [-0.2, -0.15) is 0 Å². The molecule has 4 nitrogen and oxygen atoms in total. The molecule has 1 aromatic rings. The van der Waals surface area contributed by atoms with Gasteiger partial charge in [-0.15, -0.1) is 0 Å². The number of nitro groups is 1. The first kappa shape index (κ1) is 8.89. The van der Waals surface area contributed by atoms with E-state index in [-0.39, 0.29) is 4.59 Å². The third-order valence-corrected chi connectivity index (χ3v) is 1.91. The van der Waals surface area contributed by atoms with Crippen molar-refractivity contribution in [2.75, 3.05) is 0 Å². The molecule has 0 radical (unpaired) electrons. The third kappa shape index (κ3) is 3.27. The lowest BCUT2D eigenvalue weighted by molar-refractivity contribution is -0.339. The number of hydrogen-bond acceptors (Lipinski definition) is 3. The normalized spacial score (nSPS) is 10.7. The van der Waals surface area contributed by atoms with E-state index in [1.165, 1.54) is 0 Å². The van der Waals surface area contributed by atoms with Crippen molar-refractivity contribution in [2.45, 2.75) is 6.61 Å². The Balaban J connectivity index is 2.29. The molecule has 64 valence electrons. The summed E-state index contributed by atoms with van der Waals surface area (Å²) in [6, 6.07) is 9.43. The second kappa shape index (κ2) is 4.63. The van der Waals surface area contributed by atoms with Crippen LogP contribution in [0.3, 0.4) is 0 Å². The van der Waals surface area contributed by atoms with Gasteiger partial charge < -0.3 is 4.43 Å². The number of rotatable bonds is 4. The van der Waals surface area contributed by atoms with E-state index < -0.39 is 9.92 Å². The standard InChI is InChI=1S/C7H9NO3Si/c9-8(10)12-11-6-7-4-2-1-3-5-7/h1-5H,6,12H2. The minimum Gasteiger partial charge on any atom is -0.361 e. The van der Waals surface area contributed by atoms with Crippen LogP contribution in [0, 0.1) is 10.1 Å². The van der Waals surface area contributed by atoms with Gasteiger partial charge in [0.05, 0.1) is 6.61 Å². The van der Waals surface area contributed by atoms with Gasteiger partial charge >= 0.3 is 9.92 Å². The Morgan fingerprint density at radius 1 is 1.42 bits per heavy atom. The summed E-state index contributed by atoms with van der Waals surface area (Å²) in [4.78, 5) is 9.93. The highest BCUT2D eigenvalue weighted by Gasteiger charge is 1.99. The summed E-state index contributed by atoms with van der Waals surface area (Å²) in [5, 5.41) is 9.93. The smallest absolute Gasteiger partial charge is 0.361 e. The molecule has 0 N–H and O–H groups in total. The Bertz CT molecular complexity index is 252. The van der Waals surface area contributed by atoms with Crippen LogP contribution in [0.25, 0.3) is 0 Å². The Morgan fingerprint density at radius 2 is 2.08 bits per heavy atom. The second-order valence-electron chi connectivity index (χ2n) is 2.30. The van der Waals surface area contributed by atoms with E-state index in [2.05, 4.69) is 0 Å². The van der Waals surface area contributed by atoms with Crippen molar-refractivity contribution in [3.8, 4) is 0 Å². The summed E-state index contributed by atoms with van der Waals surface area (Å²) in [6.45, 7) is 0.355. The number of benzene rings is 1. The van der Waals surface area contributed by atoms with Crippen LogP contribution in [0.1, 0.15) is 5.56 Å². The van der Waals surface area contributed by atoms with E-state index in [0.29, 0.717) is 6.61 Å². The van der Waals surface area contributed by atoms with Crippen LogP contribution in [-0.2, 0) is 11.0 Å². The van der Waals surface area contributed by atoms with E-state index in [9.17, 15) is 10.1 Å². The van der Waals surface area contributed by atoms with Crippen LogP contribution in [0.2, 0.25) is 0 Å². The van der Waals surface area contributed by atoms with Crippen molar-refractivity contribution in [2.24, 2.45) is 0 Å². The first-order valence-corrected chi connectivity index (χ1v) is 4.73. The largest absolute Gasteiger partial charge is 0.545 e. The molecule has 5 heteroatoms.